The predicted octanol–water partition coefficient (Wildman–Crippen LogP) is 1.32. The third-order valence-corrected chi connectivity index (χ3v) is 3.11. The predicted molar refractivity (Wildman–Crippen MR) is 80.0 cm³/mol. The quantitative estimate of drug-likeness (QED) is 0.782. The lowest BCUT2D eigenvalue weighted by molar-refractivity contribution is -0.133. The molecule has 0 spiro atoms. The molecular formula is C14H20N4O3. The number of aryl methyl sites for hydroxylation is 1. The van der Waals surface area contributed by atoms with Crippen molar-refractivity contribution >= 4 is 23.4 Å². The summed E-state index contributed by atoms with van der Waals surface area (Å²) < 4.78 is 4.88. The first-order chi connectivity index (χ1) is 9.88. The van der Waals surface area contributed by atoms with Crippen molar-refractivity contribution in [3.8, 4) is 0 Å². The Morgan fingerprint density at radius 3 is 2.57 bits per heavy atom. The smallest absolute Gasteiger partial charge is 0.410 e. The van der Waals surface area contributed by atoms with Crippen LogP contribution < -0.4 is 16.0 Å². The van der Waals surface area contributed by atoms with Crippen molar-refractivity contribution in [2.75, 3.05) is 31.3 Å². The molecule has 0 saturated carbocycles. The minimum Gasteiger partial charge on any atom is -0.450 e. The number of nitrogens with one attached hydrogen (secondary N) is 3. The molecule has 0 fully saturated rings. The van der Waals surface area contributed by atoms with Gasteiger partial charge >= 0.3 is 6.09 Å². The zero-order chi connectivity index (χ0) is 15.6. The Labute approximate surface area is 123 Å². The van der Waals surface area contributed by atoms with Crippen LogP contribution in [0.25, 0.3) is 0 Å². The van der Waals surface area contributed by atoms with Crippen LogP contribution in [0.1, 0.15) is 12.5 Å². The van der Waals surface area contributed by atoms with Crippen molar-refractivity contribution in [2.45, 2.75) is 19.6 Å². The first kappa shape index (κ1) is 15.0. The standard InChI is InChI=1S/C14H20N4O3/c1-5-21-13(20)17-14(12(19)18(3)4)15-10-7-6-9(2)8-11(10)16-14/h6-8,15-16H,5H2,1-4H3,(H,17,20). The highest BCUT2D eigenvalue weighted by Crippen LogP contribution is 2.34. The van der Waals surface area contributed by atoms with E-state index >= 15 is 0 Å². The molecule has 2 amide bonds. The molecule has 21 heavy (non-hydrogen) atoms. The van der Waals surface area contributed by atoms with Crippen LogP contribution in [0.5, 0.6) is 0 Å². The third-order valence-electron chi connectivity index (χ3n) is 3.11. The van der Waals surface area contributed by atoms with Crippen molar-refractivity contribution in [2.24, 2.45) is 0 Å². The molecule has 1 unspecified atom stereocenters. The lowest BCUT2D eigenvalue weighted by atomic mass is 10.2. The summed E-state index contributed by atoms with van der Waals surface area (Å²) in [6.07, 6.45) is -0.669. The van der Waals surface area contributed by atoms with Gasteiger partial charge in [-0.1, -0.05) is 6.07 Å². The molecule has 7 nitrogen and oxygen atoms in total. The Morgan fingerprint density at radius 1 is 1.29 bits per heavy atom. The maximum Gasteiger partial charge on any atom is 0.410 e. The van der Waals surface area contributed by atoms with Crippen LogP contribution in [0.3, 0.4) is 0 Å². The number of carbonyl (C=O) groups is 2. The molecule has 0 aromatic heterocycles. The highest BCUT2D eigenvalue weighted by Gasteiger charge is 2.46. The number of amides is 2. The minimum atomic E-state index is -1.44. The Balaban J connectivity index is 2.32. The van der Waals surface area contributed by atoms with Gasteiger partial charge in [0.25, 0.3) is 11.7 Å². The second-order valence-corrected chi connectivity index (χ2v) is 5.09. The number of carbonyl (C=O) groups excluding carboxylic acids is 2. The van der Waals surface area contributed by atoms with Crippen molar-refractivity contribution in [1.82, 2.24) is 10.2 Å². The van der Waals surface area contributed by atoms with Crippen LogP contribution >= 0.6 is 0 Å². The van der Waals surface area contributed by atoms with Crippen LogP contribution in [0.4, 0.5) is 16.2 Å². The molecule has 1 aliphatic rings. The number of benzene rings is 1. The molecular weight excluding hydrogens is 272 g/mol. The van der Waals surface area contributed by atoms with Gasteiger partial charge in [-0.15, -0.1) is 0 Å². The van der Waals surface area contributed by atoms with Gasteiger partial charge in [-0.05, 0) is 31.5 Å². The van der Waals surface area contributed by atoms with Gasteiger partial charge in [0.1, 0.15) is 0 Å². The zero-order valence-corrected chi connectivity index (χ0v) is 12.6. The van der Waals surface area contributed by atoms with Crippen LogP contribution in [-0.2, 0) is 9.53 Å². The molecule has 1 aromatic rings. The fraction of sp³-hybridized carbons (Fsp3) is 0.429. The van der Waals surface area contributed by atoms with E-state index in [1.807, 2.05) is 25.1 Å². The molecule has 0 bridgehead atoms. The molecule has 7 heteroatoms. The fourth-order valence-electron chi connectivity index (χ4n) is 2.18. The number of fused-ring (bicyclic) bond motifs is 1. The summed E-state index contributed by atoms with van der Waals surface area (Å²) in [7, 11) is 3.24. The molecule has 1 aromatic carbocycles. The molecule has 1 heterocycles. The van der Waals surface area contributed by atoms with E-state index in [-0.39, 0.29) is 12.5 Å². The molecule has 3 N–H and O–H groups in total. The van der Waals surface area contributed by atoms with Crippen LogP contribution in [0.15, 0.2) is 18.2 Å². The molecule has 0 aliphatic carbocycles. The van der Waals surface area contributed by atoms with E-state index in [2.05, 4.69) is 16.0 Å². The lowest BCUT2D eigenvalue weighted by Gasteiger charge is -2.31. The van der Waals surface area contributed by atoms with Crippen LogP contribution in [0, 0.1) is 6.92 Å². The number of hydrogen-bond donors (Lipinski definition) is 3. The number of ether oxygens (including phenoxy) is 1. The van der Waals surface area contributed by atoms with E-state index < -0.39 is 11.9 Å². The van der Waals surface area contributed by atoms with E-state index in [0.717, 1.165) is 16.9 Å². The molecule has 0 radical (unpaired) electrons. The van der Waals surface area contributed by atoms with E-state index in [4.69, 9.17) is 4.74 Å². The number of nitrogens with zero attached hydrogens (tertiary/aromatic N) is 1. The van der Waals surface area contributed by atoms with Crippen molar-refractivity contribution in [3.05, 3.63) is 23.8 Å². The lowest BCUT2D eigenvalue weighted by Crippen LogP contribution is -2.66. The Kier molecular flexibility index (Phi) is 3.93. The highest BCUT2D eigenvalue weighted by molar-refractivity contribution is 5.99. The van der Waals surface area contributed by atoms with Crippen LogP contribution in [0.2, 0.25) is 0 Å². The summed E-state index contributed by atoms with van der Waals surface area (Å²) >= 11 is 0. The average Bonchev–Trinajstić information content (AvgIpc) is 2.76. The van der Waals surface area contributed by atoms with Gasteiger partial charge in [-0.25, -0.2) is 4.79 Å². The first-order valence-corrected chi connectivity index (χ1v) is 6.71. The summed E-state index contributed by atoms with van der Waals surface area (Å²) in [5.41, 5.74) is 2.54. The third kappa shape index (κ3) is 2.86. The van der Waals surface area contributed by atoms with E-state index in [1.165, 1.54) is 4.90 Å². The molecule has 1 aliphatic heterocycles. The van der Waals surface area contributed by atoms with Crippen LogP contribution in [-0.4, -0.2) is 43.4 Å². The summed E-state index contributed by atoms with van der Waals surface area (Å²) in [5, 5.41) is 8.64. The summed E-state index contributed by atoms with van der Waals surface area (Å²) in [4.78, 5) is 25.6. The maximum absolute atomic E-state index is 12.5. The molecule has 1 atom stereocenters. The largest absolute Gasteiger partial charge is 0.450 e. The number of hydrogen-bond acceptors (Lipinski definition) is 5. The van der Waals surface area contributed by atoms with Crippen molar-refractivity contribution < 1.29 is 14.3 Å². The summed E-state index contributed by atoms with van der Waals surface area (Å²) in [5.74, 6) is -1.77. The van der Waals surface area contributed by atoms with Gasteiger partial charge in [0, 0.05) is 14.1 Å². The number of likely N-dealkylation sites (N-methyl/N-ethyl adjacent to an activating group) is 1. The molecule has 0 saturated heterocycles. The van der Waals surface area contributed by atoms with Gasteiger partial charge in [0.05, 0.1) is 18.0 Å². The van der Waals surface area contributed by atoms with E-state index in [0.29, 0.717) is 0 Å². The Morgan fingerprint density at radius 2 is 1.95 bits per heavy atom. The van der Waals surface area contributed by atoms with Gasteiger partial charge in [0.2, 0.25) is 0 Å². The van der Waals surface area contributed by atoms with E-state index in [9.17, 15) is 9.59 Å². The summed E-state index contributed by atoms with van der Waals surface area (Å²) in [6.45, 7) is 3.88. The first-order valence-electron chi connectivity index (χ1n) is 6.71. The van der Waals surface area contributed by atoms with Crippen molar-refractivity contribution in [3.63, 3.8) is 0 Å². The zero-order valence-electron chi connectivity index (χ0n) is 12.6. The van der Waals surface area contributed by atoms with Gasteiger partial charge in [0.15, 0.2) is 0 Å². The topological polar surface area (TPSA) is 82.7 Å². The summed E-state index contributed by atoms with van der Waals surface area (Å²) in [6, 6.07) is 5.68. The van der Waals surface area contributed by atoms with Crippen molar-refractivity contribution in [1.29, 1.82) is 0 Å². The van der Waals surface area contributed by atoms with Gasteiger partial charge in [-0.2, -0.15) is 0 Å². The highest BCUT2D eigenvalue weighted by atomic mass is 16.5. The molecule has 114 valence electrons. The monoisotopic (exact) mass is 292 g/mol. The van der Waals surface area contributed by atoms with Gasteiger partial charge < -0.3 is 20.3 Å². The second kappa shape index (κ2) is 5.51. The number of anilines is 2. The second-order valence-electron chi connectivity index (χ2n) is 5.09. The van der Waals surface area contributed by atoms with Gasteiger partial charge in [-0.3, -0.25) is 10.1 Å². The number of alkyl carbamates (subject to hydrolysis) is 1. The Bertz CT molecular complexity index is 573. The maximum atomic E-state index is 12.5. The minimum absolute atomic E-state index is 0.226. The SMILES string of the molecule is CCOC(=O)NC1(C(=O)N(C)C)Nc2ccc(C)cc2N1. The molecule has 2 rings (SSSR count). The fourth-order valence-corrected chi connectivity index (χ4v) is 2.18. The number of rotatable bonds is 3. The normalized spacial score (nSPS) is 19.0. The van der Waals surface area contributed by atoms with E-state index in [1.54, 1.807) is 21.0 Å². The Hall–Kier alpha value is -2.44. The average molecular weight is 292 g/mol.